The van der Waals surface area contributed by atoms with E-state index in [1.54, 1.807) is 19.1 Å². The number of piperazine rings is 1. The van der Waals surface area contributed by atoms with E-state index in [0.717, 1.165) is 38.5 Å². The van der Waals surface area contributed by atoms with E-state index >= 15 is 0 Å². The second-order valence-corrected chi connectivity index (χ2v) is 4.68. The van der Waals surface area contributed by atoms with Gasteiger partial charge in [0.05, 0.1) is 12.2 Å². The fraction of sp³-hybridized carbons (Fsp3) is 0.533. The molecule has 1 aromatic carbocycles. The van der Waals surface area contributed by atoms with Crippen molar-refractivity contribution in [2.24, 2.45) is 0 Å². The van der Waals surface area contributed by atoms with E-state index in [2.05, 4.69) is 10.2 Å². The number of esters is 1. The molecule has 0 aromatic heterocycles. The molecule has 0 radical (unpaired) electrons. The van der Waals surface area contributed by atoms with Crippen LogP contribution >= 0.6 is 0 Å². The topological polar surface area (TPSA) is 50.8 Å². The van der Waals surface area contributed by atoms with Gasteiger partial charge in [-0.3, -0.25) is 4.90 Å². The van der Waals surface area contributed by atoms with Crippen molar-refractivity contribution in [2.75, 3.05) is 45.9 Å². The van der Waals surface area contributed by atoms with Gasteiger partial charge in [-0.25, -0.2) is 4.79 Å². The summed E-state index contributed by atoms with van der Waals surface area (Å²) in [6.07, 6.45) is 0. The first-order chi connectivity index (χ1) is 9.79. The molecule has 5 heteroatoms. The van der Waals surface area contributed by atoms with Crippen LogP contribution in [0.3, 0.4) is 0 Å². The van der Waals surface area contributed by atoms with Crippen LogP contribution in [0.25, 0.3) is 0 Å². The number of benzene rings is 1. The summed E-state index contributed by atoms with van der Waals surface area (Å²) in [6, 6.07) is 7.09. The molecule has 0 unspecified atom stereocenters. The molecule has 0 spiro atoms. The van der Waals surface area contributed by atoms with E-state index < -0.39 is 0 Å². The molecule has 110 valence electrons. The Morgan fingerprint density at radius 3 is 2.60 bits per heavy atom. The predicted octanol–water partition coefficient (Wildman–Crippen LogP) is 1.15. The van der Waals surface area contributed by atoms with Crippen LogP contribution in [-0.2, 0) is 4.74 Å². The van der Waals surface area contributed by atoms with Crippen molar-refractivity contribution in [1.82, 2.24) is 10.2 Å². The summed E-state index contributed by atoms with van der Waals surface area (Å²) in [6.45, 7) is 8.03. The molecule has 1 aliphatic rings. The highest BCUT2D eigenvalue weighted by molar-refractivity contribution is 5.89. The quantitative estimate of drug-likeness (QED) is 0.791. The normalized spacial score (nSPS) is 15.8. The standard InChI is InChI=1S/C15H22N2O3/c1-2-19-15(18)13-3-5-14(6-4-13)20-12-11-17-9-7-16-8-10-17/h3-6,16H,2,7-12H2,1H3. The molecule has 1 saturated heterocycles. The second-order valence-electron chi connectivity index (χ2n) is 4.68. The Hall–Kier alpha value is -1.59. The molecule has 1 aromatic rings. The minimum absolute atomic E-state index is 0.292. The number of carbonyl (C=O) groups excluding carboxylic acids is 1. The van der Waals surface area contributed by atoms with Gasteiger partial charge in [-0.2, -0.15) is 0 Å². The van der Waals surface area contributed by atoms with Crippen LogP contribution in [0.2, 0.25) is 0 Å². The van der Waals surface area contributed by atoms with Crippen molar-refractivity contribution in [3.63, 3.8) is 0 Å². The summed E-state index contributed by atoms with van der Waals surface area (Å²) < 4.78 is 10.6. The SMILES string of the molecule is CCOC(=O)c1ccc(OCCN2CCNCC2)cc1. The zero-order valence-electron chi connectivity index (χ0n) is 11.9. The summed E-state index contributed by atoms with van der Waals surface area (Å²) in [4.78, 5) is 13.9. The Balaban J connectivity index is 1.74. The Bertz CT molecular complexity index is 414. The minimum atomic E-state index is -0.292. The Morgan fingerprint density at radius 1 is 1.25 bits per heavy atom. The van der Waals surface area contributed by atoms with Crippen molar-refractivity contribution in [1.29, 1.82) is 0 Å². The minimum Gasteiger partial charge on any atom is -0.492 e. The Morgan fingerprint density at radius 2 is 1.95 bits per heavy atom. The lowest BCUT2D eigenvalue weighted by Crippen LogP contribution is -2.44. The highest BCUT2D eigenvalue weighted by atomic mass is 16.5. The van der Waals surface area contributed by atoms with Crippen LogP contribution in [0.5, 0.6) is 5.75 Å². The van der Waals surface area contributed by atoms with Gasteiger partial charge in [0.2, 0.25) is 0 Å². The zero-order chi connectivity index (χ0) is 14.2. The number of ether oxygens (including phenoxy) is 2. The molecule has 0 bridgehead atoms. The first kappa shape index (κ1) is 14.8. The summed E-state index contributed by atoms with van der Waals surface area (Å²) in [7, 11) is 0. The van der Waals surface area contributed by atoms with Gasteiger partial charge in [0.15, 0.2) is 0 Å². The molecule has 1 heterocycles. The van der Waals surface area contributed by atoms with E-state index in [4.69, 9.17) is 9.47 Å². The van der Waals surface area contributed by atoms with Crippen LogP contribution in [-0.4, -0.2) is 56.8 Å². The molecular formula is C15H22N2O3. The average molecular weight is 278 g/mol. The number of nitrogens with one attached hydrogen (secondary N) is 1. The highest BCUT2D eigenvalue weighted by Gasteiger charge is 2.09. The third-order valence-electron chi connectivity index (χ3n) is 3.25. The fourth-order valence-corrected chi connectivity index (χ4v) is 2.13. The lowest BCUT2D eigenvalue weighted by molar-refractivity contribution is 0.0526. The Labute approximate surface area is 119 Å². The predicted molar refractivity (Wildman–Crippen MR) is 77.2 cm³/mol. The first-order valence-corrected chi connectivity index (χ1v) is 7.12. The number of rotatable bonds is 6. The lowest BCUT2D eigenvalue weighted by atomic mass is 10.2. The zero-order valence-corrected chi connectivity index (χ0v) is 11.9. The first-order valence-electron chi connectivity index (χ1n) is 7.12. The van der Waals surface area contributed by atoms with Crippen LogP contribution in [0.4, 0.5) is 0 Å². The molecular weight excluding hydrogens is 256 g/mol. The second kappa shape index (κ2) is 7.87. The molecule has 2 rings (SSSR count). The number of carbonyl (C=O) groups is 1. The molecule has 0 aliphatic carbocycles. The highest BCUT2D eigenvalue weighted by Crippen LogP contribution is 2.13. The molecule has 1 N–H and O–H groups in total. The molecule has 0 saturated carbocycles. The maximum absolute atomic E-state index is 11.5. The monoisotopic (exact) mass is 278 g/mol. The molecule has 20 heavy (non-hydrogen) atoms. The van der Waals surface area contributed by atoms with Gasteiger partial charge in [-0.1, -0.05) is 0 Å². The van der Waals surface area contributed by atoms with Crippen LogP contribution in [0, 0.1) is 0 Å². The van der Waals surface area contributed by atoms with Gasteiger partial charge in [-0.15, -0.1) is 0 Å². The van der Waals surface area contributed by atoms with E-state index in [-0.39, 0.29) is 5.97 Å². The van der Waals surface area contributed by atoms with Gasteiger partial charge >= 0.3 is 5.97 Å². The van der Waals surface area contributed by atoms with Crippen molar-refractivity contribution in [2.45, 2.75) is 6.92 Å². The average Bonchev–Trinajstić information content (AvgIpc) is 2.49. The third kappa shape index (κ3) is 4.51. The third-order valence-corrected chi connectivity index (χ3v) is 3.25. The van der Waals surface area contributed by atoms with Gasteiger partial charge in [0.25, 0.3) is 0 Å². The maximum Gasteiger partial charge on any atom is 0.338 e. The number of hydrogen-bond acceptors (Lipinski definition) is 5. The van der Waals surface area contributed by atoms with Gasteiger partial charge in [0, 0.05) is 32.7 Å². The van der Waals surface area contributed by atoms with Crippen molar-refractivity contribution >= 4 is 5.97 Å². The van der Waals surface area contributed by atoms with Gasteiger partial charge in [-0.05, 0) is 31.2 Å². The summed E-state index contributed by atoms with van der Waals surface area (Å²) in [5.74, 6) is 0.494. The smallest absolute Gasteiger partial charge is 0.338 e. The molecule has 1 aliphatic heterocycles. The van der Waals surface area contributed by atoms with E-state index in [0.29, 0.717) is 18.8 Å². The maximum atomic E-state index is 11.5. The number of hydrogen-bond donors (Lipinski definition) is 1. The Kier molecular flexibility index (Phi) is 5.83. The fourth-order valence-electron chi connectivity index (χ4n) is 2.13. The van der Waals surface area contributed by atoms with Crippen molar-refractivity contribution in [3.8, 4) is 5.75 Å². The van der Waals surface area contributed by atoms with E-state index in [1.807, 2.05) is 12.1 Å². The summed E-state index contributed by atoms with van der Waals surface area (Å²) in [5, 5.41) is 3.32. The van der Waals surface area contributed by atoms with Gasteiger partial charge < -0.3 is 14.8 Å². The molecule has 1 fully saturated rings. The molecule has 0 amide bonds. The number of nitrogens with zero attached hydrogens (tertiary/aromatic N) is 1. The summed E-state index contributed by atoms with van der Waals surface area (Å²) >= 11 is 0. The van der Waals surface area contributed by atoms with Crippen molar-refractivity contribution < 1.29 is 14.3 Å². The van der Waals surface area contributed by atoms with Crippen molar-refractivity contribution in [3.05, 3.63) is 29.8 Å². The largest absolute Gasteiger partial charge is 0.492 e. The van der Waals surface area contributed by atoms with Crippen LogP contribution in [0.15, 0.2) is 24.3 Å². The van der Waals surface area contributed by atoms with Gasteiger partial charge in [0.1, 0.15) is 12.4 Å². The molecule has 0 atom stereocenters. The molecule has 5 nitrogen and oxygen atoms in total. The van der Waals surface area contributed by atoms with E-state index in [1.165, 1.54) is 0 Å². The lowest BCUT2D eigenvalue weighted by Gasteiger charge is -2.26. The van der Waals surface area contributed by atoms with Crippen LogP contribution < -0.4 is 10.1 Å². The van der Waals surface area contributed by atoms with Crippen LogP contribution in [0.1, 0.15) is 17.3 Å². The summed E-state index contributed by atoms with van der Waals surface area (Å²) in [5.41, 5.74) is 0.557. The van der Waals surface area contributed by atoms with E-state index in [9.17, 15) is 4.79 Å².